The maximum absolute atomic E-state index is 5.58. The smallest absolute Gasteiger partial charge is 0.0701 e. The Labute approximate surface area is 111 Å². The molecule has 1 saturated heterocycles. The van der Waals surface area contributed by atoms with Gasteiger partial charge in [0.1, 0.15) is 0 Å². The summed E-state index contributed by atoms with van der Waals surface area (Å²) in [5, 5.41) is 0. The van der Waals surface area contributed by atoms with E-state index in [0.717, 1.165) is 26.1 Å². The van der Waals surface area contributed by atoms with Crippen LogP contribution in [0.1, 0.15) is 26.7 Å². The third kappa shape index (κ3) is 8.03. The summed E-state index contributed by atoms with van der Waals surface area (Å²) in [6.45, 7) is 10.1. The molecule has 0 unspecified atom stereocenters. The summed E-state index contributed by atoms with van der Waals surface area (Å²) in [5.41, 5.74) is 0. The van der Waals surface area contributed by atoms with Gasteiger partial charge in [-0.3, -0.25) is 0 Å². The molecule has 0 N–H and O–H groups in total. The van der Waals surface area contributed by atoms with E-state index < -0.39 is 0 Å². The predicted molar refractivity (Wildman–Crippen MR) is 70.8 cm³/mol. The zero-order valence-electron chi connectivity index (χ0n) is 11.9. The van der Waals surface area contributed by atoms with E-state index in [-0.39, 0.29) is 0 Å². The monoisotopic (exact) mass is 260 g/mol. The van der Waals surface area contributed by atoms with Gasteiger partial charge in [0.2, 0.25) is 0 Å². The third-order valence-electron chi connectivity index (χ3n) is 3.32. The molecule has 0 aromatic heterocycles. The van der Waals surface area contributed by atoms with Crippen molar-refractivity contribution in [2.75, 3.05) is 52.9 Å². The fourth-order valence-corrected chi connectivity index (χ4v) is 2.04. The van der Waals surface area contributed by atoms with Gasteiger partial charge in [-0.2, -0.15) is 0 Å². The van der Waals surface area contributed by atoms with Gasteiger partial charge >= 0.3 is 0 Å². The third-order valence-corrected chi connectivity index (χ3v) is 3.32. The molecule has 0 radical (unpaired) electrons. The fourth-order valence-electron chi connectivity index (χ4n) is 2.04. The van der Waals surface area contributed by atoms with E-state index >= 15 is 0 Å². The van der Waals surface area contributed by atoms with E-state index in [1.54, 1.807) is 0 Å². The van der Waals surface area contributed by atoms with Crippen molar-refractivity contribution in [3.8, 4) is 0 Å². The highest BCUT2D eigenvalue weighted by molar-refractivity contribution is 4.63. The van der Waals surface area contributed by atoms with Crippen LogP contribution in [0.2, 0.25) is 0 Å². The van der Waals surface area contributed by atoms with Crippen LogP contribution in [0.3, 0.4) is 0 Å². The lowest BCUT2D eigenvalue weighted by atomic mass is 9.90. The molecule has 0 aromatic carbocycles. The van der Waals surface area contributed by atoms with Crippen LogP contribution >= 0.6 is 0 Å². The summed E-state index contributed by atoms with van der Waals surface area (Å²) in [6.07, 6.45) is 2.22. The van der Waals surface area contributed by atoms with Crippen molar-refractivity contribution < 1.29 is 18.9 Å². The van der Waals surface area contributed by atoms with E-state index in [2.05, 4.69) is 13.8 Å². The number of ether oxygens (including phenoxy) is 4. The van der Waals surface area contributed by atoms with Crippen LogP contribution in [-0.2, 0) is 18.9 Å². The molecule has 0 atom stereocenters. The molecule has 0 amide bonds. The maximum atomic E-state index is 5.58. The Morgan fingerprint density at radius 2 is 0.944 bits per heavy atom. The summed E-state index contributed by atoms with van der Waals surface area (Å²) in [7, 11) is 0. The van der Waals surface area contributed by atoms with Crippen LogP contribution < -0.4 is 0 Å². The minimum Gasteiger partial charge on any atom is -0.379 e. The quantitative estimate of drug-likeness (QED) is 0.723. The Kier molecular flexibility index (Phi) is 9.48. The molecule has 108 valence electrons. The second-order valence-electron chi connectivity index (χ2n) is 5.03. The van der Waals surface area contributed by atoms with Gasteiger partial charge in [-0.05, 0) is 24.7 Å². The number of hydrogen-bond donors (Lipinski definition) is 0. The molecular formula is C14H28O4. The fraction of sp³-hybridized carbons (Fsp3) is 1.00. The molecule has 0 aromatic rings. The predicted octanol–water partition coefficient (Wildman–Crippen LogP) is 2.12. The Balaban J connectivity index is 2.24. The van der Waals surface area contributed by atoms with E-state index in [0.29, 0.717) is 51.5 Å². The molecular weight excluding hydrogens is 232 g/mol. The van der Waals surface area contributed by atoms with Gasteiger partial charge in [-0.25, -0.2) is 0 Å². The van der Waals surface area contributed by atoms with E-state index in [1.165, 1.54) is 0 Å². The Bertz CT molecular complexity index is 169. The van der Waals surface area contributed by atoms with Crippen LogP contribution in [0.5, 0.6) is 0 Å². The van der Waals surface area contributed by atoms with Gasteiger partial charge in [-0.15, -0.1) is 0 Å². The van der Waals surface area contributed by atoms with Crippen LogP contribution in [-0.4, -0.2) is 52.9 Å². The standard InChI is InChI=1S/C14H28O4/c1-13(2)14-3-5-15-7-9-17-11-12-18-10-8-16-6-4-14/h13-14H,3-12H2,1-2H3. The van der Waals surface area contributed by atoms with Crippen molar-refractivity contribution in [1.82, 2.24) is 0 Å². The lowest BCUT2D eigenvalue weighted by Gasteiger charge is -2.20. The Morgan fingerprint density at radius 3 is 1.28 bits per heavy atom. The van der Waals surface area contributed by atoms with Crippen molar-refractivity contribution in [2.45, 2.75) is 26.7 Å². The molecule has 4 heteroatoms. The van der Waals surface area contributed by atoms with Crippen molar-refractivity contribution >= 4 is 0 Å². The van der Waals surface area contributed by atoms with Crippen molar-refractivity contribution in [3.63, 3.8) is 0 Å². The van der Waals surface area contributed by atoms with Crippen molar-refractivity contribution in [1.29, 1.82) is 0 Å². The van der Waals surface area contributed by atoms with Crippen LogP contribution in [0, 0.1) is 11.8 Å². The van der Waals surface area contributed by atoms with Gasteiger partial charge < -0.3 is 18.9 Å². The minimum absolute atomic E-state index is 0.637. The minimum atomic E-state index is 0.637. The Morgan fingerprint density at radius 1 is 0.611 bits per heavy atom. The van der Waals surface area contributed by atoms with E-state index in [4.69, 9.17) is 18.9 Å². The maximum Gasteiger partial charge on any atom is 0.0701 e. The first-order chi connectivity index (χ1) is 8.80. The lowest BCUT2D eigenvalue weighted by Crippen LogP contribution is -2.16. The molecule has 1 fully saturated rings. The molecule has 1 heterocycles. The van der Waals surface area contributed by atoms with Crippen LogP contribution in [0.4, 0.5) is 0 Å². The van der Waals surface area contributed by atoms with E-state index in [1.807, 2.05) is 0 Å². The molecule has 18 heavy (non-hydrogen) atoms. The summed E-state index contributed by atoms with van der Waals surface area (Å²) in [4.78, 5) is 0. The first-order valence-electron chi connectivity index (χ1n) is 7.11. The number of hydrogen-bond acceptors (Lipinski definition) is 4. The highest BCUT2D eigenvalue weighted by Gasteiger charge is 2.13. The van der Waals surface area contributed by atoms with Gasteiger partial charge in [0.15, 0.2) is 0 Å². The molecule has 4 nitrogen and oxygen atoms in total. The van der Waals surface area contributed by atoms with Gasteiger partial charge in [0.25, 0.3) is 0 Å². The summed E-state index contributed by atoms with van der Waals surface area (Å²) in [5.74, 6) is 1.36. The van der Waals surface area contributed by atoms with E-state index in [9.17, 15) is 0 Å². The SMILES string of the molecule is CC(C)C1CCOCCOCCOCCOCC1. The summed E-state index contributed by atoms with van der Waals surface area (Å²) < 4.78 is 22.0. The second-order valence-corrected chi connectivity index (χ2v) is 5.03. The first-order valence-corrected chi connectivity index (χ1v) is 7.11. The molecule has 0 aliphatic carbocycles. The highest BCUT2D eigenvalue weighted by Crippen LogP contribution is 2.19. The summed E-state index contributed by atoms with van der Waals surface area (Å²) in [6, 6.07) is 0. The van der Waals surface area contributed by atoms with Crippen molar-refractivity contribution in [3.05, 3.63) is 0 Å². The van der Waals surface area contributed by atoms with Crippen LogP contribution in [0.15, 0.2) is 0 Å². The largest absolute Gasteiger partial charge is 0.379 e. The highest BCUT2D eigenvalue weighted by atomic mass is 16.6. The van der Waals surface area contributed by atoms with Crippen LogP contribution in [0.25, 0.3) is 0 Å². The molecule has 0 saturated carbocycles. The average Bonchev–Trinajstić information content (AvgIpc) is 2.36. The summed E-state index contributed by atoms with van der Waals surface area (Å²) >= 11 is 0. The van der Waals surface area contributed by atoms with Gasteiger partial charge in [-0.1, -0.05) is 13.8 Å². The average molecular weight is 260 g/mol. The van der Waals surface area contributed by atoms with Crippen molar-refractivity contribution in [2.24, 2.45) is 11.8 Å². The second kappa shape index (κ2) is 10.7. The molecule has 1 rings (SSSR count). The lowest BCUT2D eigenvalue weighted by molar-refractivity contribution is 0.000930. The topological polar surface area (TPSA) is 36.9 Å². The molecule has 0 bridgehead atoms. The van der Waals surface area contributed by atoms with Gasteiger partial charge in [0, 0.05) is 13.2 Å². The number of rotatable bonds is 1. The Hall–Kier alpha value is -0.160. The molecule has 1 aliphatic rings. The normalized spacial score (nSPS) is 23.5. The molecule has 0 spiro atoms. The molecule has 1 aliphatic heterocycles. The zero-order chi connectivity index (χ0) is 13.1. The van der Waals surface area contributed by atoms with Gasteiger partial charge in [0.05, 0.1) is 39.6 Å². The zero-order valence-corrected chi connectivity index (χ0v) is 11.9. The first kappa shape index (κ1) is 15.9.